The first-order chi connectivity index (χ1) is 9.79. The molecule has 2 aromatic rings. The van der Waals surface area contributed by atoms with Crippen LogP contribution >= 0.6 is 0 Å². The minimum Gasteiger partial charge on any atom is -0.493 e. The molecule has 0 saturated carbocycles. The summed E-state index contributed by atoms with van der Waals surface area (Å²) in [6.45, 7) is 2.83. The van der Waals surface area contributed by atoms with Crippen molar-refractivity contribution in [2.24, 2.45) is 0 Å². The van der Waals surface area contributed by atoms with Gasteiger partial charge in [-0.1, -0.05) is 24.3 Å². The molecular formula is C17H20N2O. The van der Waals surface area contributed by atoms with Gasteiger partial charge in [0.25, 0.3) is 0 Å². The number of aromatic nitrogens is 1. The molecule has 1 N–H and O–H groups in total. The lowest BCUT2D eigenvalue weighted by Crippen LogP contribution is -2.21. The third-order valence-electron chi connectivity index (χ3n) is 3.77. The molecule has 1 unspecified atom stereocenters. The summed E-state index contributed by atoms with van der Waals surface area (Å²) in [6, 6.07) is 12.6. The molecule has 0 spiro atoms. The van der Waals surface area contributed by atoms with E-state index >= 15 is 0 Å². The van der Waals surface area contributed by atoms with Crippen LogP contribution in [0.1, 0.15) is 35.0 Å². The number of fused-ring (bicyclic) bond motifs is 1. The van der Waals surface area contributed by atoms with Crippen LogP contribution in [0, 0.1) is 6.92 Å². The zero-order chi connectivity index (χ0) is 13.9. The molecular weight excluding hydrogens is 248 g/mol. The van der Waals surface area contributed by atoms with Gasteiger partial charge in [-0.3, -0.25) is 4.98 Å². The Kier molecular flexibility index (Phi) is 3.70. The quantitative estimate of drug-likeness (QED) is 0.929. The van der Waals surface area contributed by atoms with E-state index in [1.54, 1.807) is 0 Å². The maximum atomic E-state index is 5.92. The van der Waals surface area contributed by atoms with Crippen LogP contribution in [0.25, 0.3) is 0 Å². The molecule has 1 aliphatic rings. The lowest BCUT2D eigenvalue weighted by Gasteiger charge is -2.25. The standard InChI is InChI=1S/C17H20N2O/c1-12-6-3-10-15(19-12)16(18-2)14-9-4-7-13-8-5-11-20-17(13)14/h3-4,6-7,9-10,16,18H,5,8,11H2,1-2H3. The van der Waals surface area contributed by atoms with Gasteiger partial charge in [-0.05, 0) is 44.5 Å². The summed E-state index contributed by atoms with van der Waals surface area (Å²) in [4.78, 5) is 4.65. The van der Waals surface area contributed by atoms with E-state index in [9.17, 15) is 0 Å². The van der Waals surface area contributed by atoms with Crippen molar-refractivity contribution < 1.29 is 4.74 Å². The monoisotopic (exact) mass is 268 g/mol. The van der Waals surface area contributed by atoms with Crippen LogP contribution in [-0.4, -0.2) is 18.6 Å². The number of pyridine rings is 1. The fraction of sp³-hybridized carbons (Fsp3) is 0.353. The summed E-state index contributed by atoms with van der Waals surface area (Å²) in [5.74, 6) is 1.04. The first kappa shape index (κ1) is 13.1. The van der Waals surface area contributed by atoms with Crippen molar-refractivity contribution in [1.29, 1.82) is 0 Å². The Labute approximate surface area is 120 Å². The van der Waals surface area contributed by atoms with Crippen molar-refractivity contribution in [3.05, 3.63) is 58.9 Å². The number of hydrogen-bond donors (Lipinski definition) is 1. The molecule has 20 heavy (non-hydrogen) atoms. The Morgan fingerprint density at radius 2 is 2.05 bits per heavy atom. The molecule has 2 heterocycles. The van der Waals surface area contributed by atoms with Gasteiger partial charge in [0.05, 0.1) is 18.3 Å². The molecule has 1 aromatic carbocycles. The predicted molar refractivity (Wildman–Crippen MR) is 80.1 cm³/mol. The SMILES string of the molecule is CNC(c1cccc(C)n1)c1cccc2c1OCCC2. The molecule has 104 valence electrons. The molecule has 1 aliphatic heterocycles. The van der Waals surface area contributed by atoms with Gasteiger partial charge in [0.15, 0.2) is 0 Å². The van der Waals surface area contributed by atoms with Crippen molar-refractivity contribution in [3.8, 4) is 5.75 Å². The number of hydrogen-bond acceptors (Lipinski definition) is 3. The van der Waals surface area contributed by atoms with Crippen molar-refractivity contribution in [3.63, 3.8) is 0 Å². The maximum Gasteiger partial charge on any atom is 0.127 e. The molecule has 0 fully saturated rings. The Hall–Kier alpha value is -1.87. The van der Waals surface area contributed by atoms with E-state index in [4.69, 9.17) is 4.74 Å². The van der Waals surface area contributed by atoms with E-state index in [0.29, 0.717) is 0 Å². The summed E-state index contributed by atoms with van der Waals surface area (Å²) < 4.78 is 5.92. The summed E-state index contributed by atoms with van der Waals surface area (Å²) in [5.41, 5.74) is 4.56. The lowest BCUT2D eigenvalue weighted by atomic mass is 9.96. The molecule has 0 saturated heterocycles. The molecule has 1 atom stereocenters. The van der Waals surface area contributed by atoms with Crippen LogP contribution in [0.2, 0.25) is 0 Å². The van der Waals surface area contributed by atoms with Gasteiger partial charge < -0.3 is 10.1 Å². The van der Waals surface area contributed by atoms with Crippen LogP contribution in [-0.2, 0) is 6.42 Å². The van der Waals surface area contributed by atoms with E-state index in [0.717, 1.165) is 36.6 Å². The lowest BCUT2D eigenvalue weighted by molar-refractivity contribution is 0.283. The average Bonchev–Trinajstić information content (AvgIpc) is 2.48. The highest BCUT2D eigenvalue weighted by molar-refractivity contribution is 5.47. The number of nitrogens with one attached hydrogen (secondary N) is 1. The Balaban J connectivity index is 2.06. The normalized spacial score (nSPS) is 15.3. The van der Waals surface area contributed by atoms with Crippen molar-refractivity contribution in [1.82, 2.24) is 10.3 Å². The topological polar surface area (TPSA) is 34.2 Å². The first-order valence-corrected chi connectivity index (χ1v) is 7.15. The third kappa shape index (κ3) is 2.41. The van der Waals surface area contributed by atoms with Gasteiger partial charge >= 0.3 is 0 Å². The molecule has 0 amide bonds. The van der Waals surface area contributed by atoms with Crippen molar-refractivity contribution in [2.45, 2.75) is 25.8 Å². The summed E-state index contributed by atoms with van der Waals surface area (Å²) in [5, 5.41) is 3.37. The highest BCUT2D eigenvalue weighted by Gasteiger charge is 2.22. The number of aryl methyl sites for hydroxylation is 2. The van der Waals surface area contributed by atoms with E-state index in [-0.39, 0.29) is 6.04 Å². The number of benzene rings is 1. The van der Waals surface area contributed by atoms with Crippen LogP contribution < -0.4 is 10.1 Å². The fourth-order valence-corrected chi connectivity index (χ4v) is 2.83. The predicted octanol–water partition coefficient (Wildman–Crippen LogP) is 3.02. The van der Waals surface area contributed by atoms with E-state index in [1.165, 1.54) is 11.1 Å². The largest absolute Gasteiger partial charge is 0.493 e. The zero-order valence-corrected chi connectivity index (χ0v) is 12.0. The number of ether oxygens (including phenoxy) is 1. The third-order valence-corrected chi connectivity index (χ3v) is 3.77. The zero-order valence-electron chi connectivity index (χ0n) is 12.0. The Morgan fingerprint density at radius 3 is 2.85 bits per heavy atom. The van der Waals surface area contributed by atoms with Gasteiger partial charge in [-0.2, -0.15) is 0 Å². The highest BCUT2D eigenvalue weighted by atomic mass is 16.5. The van der Waals surface area contributed by atoms with Crippen LogP contribution in [0.5, 0.6) is 5.75 Å². The van der Waals surface area contributed by atoms with Gasteiger partial charge in [-0.15, -0.1) is 0 Å². The maximum absolute atomic E-state index is 5.92. The Bertz CT molecular complexity index is 610. The molecule has 3 nitrogen and oxygen atoms in total. The second kappa shape index (κ2) is 5.63. The van der Waals surface area contributed by atoms with E-state index in [1.807, 2.05) is 20.0 Å². The van der Waals surface area contributed by atoms with Gasteiger partial charge in [0.1, 0.15) is 5.75 Å². The number of rotatable bonds is 3. The van der Waals surface area contributed by atoms with Gasteiger partial charge in [0, 0.05) is 11.3 Å². The van der Waals surface area contributed by atoms with Crippen LogP contribution in [0.3, 0.4) is 0 Å². The minimum absolute atomic E-state index is 0.0722. The van der Waals surface area contributed by atoms with Gasteiger partial charge in [0.2, 0.25) is 0 Å². The molecule has 1 aromatic heterocycles. The highest BCUT2D eigenvalue weighted by Crippen LogP contribution is 2.35. The van der Waals surface area contributed by atoms with E-state index < -0.39 is 0 Å². The van der Waals surface area contributed by atoms with E-state index in [2.05, 4.69) is 40.6 Å². The number of para-hydroxylation sites is 1. The summed E-state index contributed by atoms with van der Waals surface area (Å²) in [6.07, 6.45) is 2.20. The second-order valence-electron chi connectivity index (χ2n) is 5.21. The molecule has 3 heteroatoms. The van der Waals surface area contributed by atoms with Crippen molar-refractivity contribution in [2.75, 3.05) is 13.7 Å². The second-order valence-corrected chi connectivity index (χ2v) is 5.21. The van der Waals surface area contributed by atoms with Crippen LogP contribution in [0.15, 0.2) is 36.4 Å². The van der Waals surface area contributed by atoms with Crippen LogP contribution in [0.4, 0.5) is 0 Å². The first-order valence-electron chi connectivity index (χ1n) is 7.15. The smallest absolute Gasteiger partial charge is 0.127 e. The Morgan fingerprint density at radius 1 is 1.20 bits per heavy atom. The minimum atomic E-state index is 0.0722. The van der Waals surface area contributed by atoms with Crippen molar-refractivity contribution >= 4 is 0 Å². The average molecular weight is 268 g/mol. The summed E-state index contributed by atoms with van der Waals surface area (Å²) in [7, 11) is 1.97. The molecule has 0 bridgehead atoms. The molecule has 0 aliphatic carbocycles. The molecule has 3 rings (SSSR count). The number of nitrogens with zero attached hydrogens (tertiary/aromatic N) is 1. The van der Waals surface area contributed by atoms with Gasteiger partial charge in [-0.25, -0.2) is 0 Å². The fourth-order valence-electron chi connectivity index (χ4n) is 2.83. The molecule has 0 radical (unpaired) electrons. The summed E-state index contributed by atoms with van der Waals surface area (Å²) >= 11 is 0.